The summed E-state index contributed by atoms with van der Waals surface area (Å²) in [6, 6.07) is 21.0. The summed E-state index contributed by atoms with van der Waals surface area (Å²) in [7, 11) is 0. The maximum Gasteiger partial charge on any atom is 0.197 e. The van der Waals surface area contributed by atoms with Crippen LogP contribution in [0.1, 0.15) is 20.7 Å². The normalized spacial score (nSPS) is 11.0. The third kappa shape index (κ3) is 4.13. The van der Waals surface area contributed by atoms with Crippen LogP contribution in [0.3, 0.4) is 0 Å². The fourth-order valence-corrected chi connectivity index (χ4v) is 2.38. The summed E-state index contributed by atoms with van der Waals surface area (Å²) in [4.78, 5) is 25.6. The van der Waals surface area contributed by atoms with Crippen molar-refractivity contribution in [2.45, 2.75) is 6.04 Å². The highest BCUT2D eigenvalue weighted by Crippen LogP contribution is 2.17. The van der Waals surface area contributed by atoms with E-state index in [9.17, 15) is 14.0 Å². The third-order valence-electron chi connectivity index (χ3n) is 3.73. The number of Topliss-reactive ketones (excluding diaryl/α,β-unsaturated/α-hetero) is 2. The van der Waals surface area contributed by atoms with Crippen molar-refractivity contribution in [1.82, 2.24) is 0 Å². The number of nitrogens with zero attached hydrogens (tertiary/aromatic N) is 2. The van der Waals surface area contributed by atoms with E-state index in [1.165, 1.54) is 24.3 Å². The fourth-order valence-electron chi connectivity index (χ4n) is 2.38. The Hall–Kier alpha value is -3.47. The molecule has 0 aliphatic rings. The number of hydrogen-bond acceptors (Lipinski definition) is 4. The zero-order chi connectivity index (χ0) is 18.4. The molecule has 4 nitrogen and oxygen atoms in total. The van der Waals surface area contributed by atoms with E-state index in [0.29, 0.717) is 16.8 Å². The molecule has 0 heterocycles. The summed E-state index contributed by atoms with van der Waals surface area (Å²) in [5, 5.41) is 7.94. The van der Waals surface area contributed by atoms with E-state index < -0.39 is 23.4 Å². The molecule has 0 aromatic heterocycles. The first-order valence-corrected chi connectivity index (χ1v) is 8.00. The molecule has 0 N–H and O–H groups in total. The van der Waals surface area contributed by atoms with E-state index in [2.05, 4.69) is 10.2 Å². The minimum atomic E-state index is -1.30. The maximum atomic E-state index is 13.0. The van der Waals surface area contributed by atoms with Gasteiger partial charge < -0.3 is 0 Å². The molecule has 0 saturated carbocycles. The van der Waals surface area contributed by atoms with E-state index in [-0.39, 0.29) is 0 Å². The molecule has 0 unspecified atom stereocenters. The number of halogens is 1. The first-order valence-electron chi connectivity index (χ1n) is 8.00. The van der Waals surface area contributed by atoms with Crippen molar-refractivity contribution in [3.63, 3.8) is 0 Å². The van der Waals surface area contributed by atoms with Crippen LogP contribution in [0.2, 0.25) is 0 Å². The molecule has 0 radical (unpaired) electrons. The number of carbonyl (C=O) groups is 2. The highest BCUT2D eigenvalue weighted by molar-refractivity contribution is 6.19. The molecule has 0 spiro atoms. The maximum absolute atomic E-state index is 13.0. The number of hydrogen-bond donors (Lipinski definition) is 0. The molecule has 0 aliphatic carbocycles. The number of ketones is 2. The van der Waals surface area contributed by atoms with E-state index in [1.807, 2.05) is 0 Å². The van der Waals surface area contributed by atoms with Gasteiger partial charge in [-0.15, -0.1) is 0 Å². The molecule has 26 heavy (non-hydrogen) atoms. The van der Waals surface area contributed by atoms with Gasteiger partial charge in [0.1, 0.15) is 5.82 Å². The Morgan fingerprint density at radius 1 is 0.692 bits per heavy atom. The van der Waals surface area contributed by atoms with Crippen molar-refractivity contribution in [3.05, 3.63) is 102 Å². The van der Waals surface area contributed by atoms with Crippen LogP contribution < -0.4 is 0 Å². The summed E-state index contributed by atoms with van der Waals surface area (Å²) in [6.07, 6.45) is 0. The first kappa shape index (κ1) is 17.4. The van der Waals surface area contributed by atoms with Crippen LogP contribution in [0.15, 0.2) is 95.2 Å². The van der Waals surface area contributed by atoms with Gasteiger partial charge in [-0.25, -0.2) is 4.39 Å². The monoisotopic (exact) mass is 346 g/mol. The van der Waals surface area contributed by atoms with Crippen molar-refractivity contribution in [1.29, 1.82) is 0 Å². The molecule has 5 heteroatoms. The van der Waals surface area contributed by atoms with E-state index in [0.717, 1.165) is 0 Å². The quantitative estimate of drug-likeness (QED) is 0.356. The van der Waals surface area contributed by atoms with Crippen molar-refractivity contribution in [2.24, 2.45) is 10.2 Å². The van der Waals surface area contributed by atoms with Gasteiger partial charge in [0.2, 0.25) is 0 Å². The highest BCUT2D eigenvalue weighted by Gasteiger charge is 2.28. The second-order valence-corrected chi connectivity index (χ2v) is 5.55. The third-order valence-corrected chi connectivity index (χ3v) is 3.73. The largest absolute Gasteiger partial charge is 0.291 e. The Kier molecular flexibility index (Phi) is 5.39. The molecule has 128 valence electrons. The molecule has 0 amide bonds. The highest BCUT2D eigenvalue weighted by atomic mass is 19.1. The summed E-state index contributed by atoms with van der Waals surface area (Å²) in [5.41, 5.74) is 1.11. The predicted molar refractivity (Wildman–Crippen MR) is 96.2 cm³/mol. The zero-order valence-electron chi connectivity index (χ0n) is 13.7. The van der Waals surface area contributed by atoms with Gasteiger partial charge in [0.25, 0.3) is 0 Å². The smallest absolute Gasteiger partial charge is 0.197 e. The van der Waals surface area contributed by atoms with Crippen molar-refractivity contribution >= 4 is 17.3 Å². The Balaban J connectivity index is 1.94. The molecular formula is C21H15FN2O2. The molecule has 0 saturated heterocycles. The van der Waals surface area contributed by atoms with E-state index >= 15 is 0 Å². The van der Waals surface area contributed by atoms with Gasteiger partial charge in [-0.05, 0) is 24.3 Å². The Bertz CT molecular complexity index is 872. The van der Waals surface area contributed by atoms with Gasteiger partial charge in [0.15, 0.2) is 17.6 Å². The lowest BCUT2D eigenvalue weighted by molar-refractivity contribution is 0.0861. The minimum Gasteiger partial charge on any atom is -0.291 e. The lowest BCUT2D eigenvalue weighted by Gasteiger charge is -2.10. The SMILES string of the molecule is O=C(c1ccccc1)C(N=Nc1ccc(F)cc1)C(=O)c1ccccc1. The summed E-state index contributed by atoms with van der Waals surface area (Å²) < 4.78 is 13.0. The van der Waals surface area contributed by atoms with Gasteiger partial charge >= 0.3 is 0 Å². The molecule has 3 aromatic carbocycles. The first-order chi connectivity index (χ1) is 12.6. The number of azo groups is 1. The summed E-state index contributed by atoms with van der Waals surface area (Å²) in [5.74, 6) is -1.28. The Morgan fingerprint density at radius 3 is 1.62 bits per heavy atom. The second kappa shape index (κ2) is 8.07. The lowest BCUT2D eigenvalue weighted by atomic mass is 9.97. The molecule has 3 rings (SSSR count). The lowest BCUT2D eigenvalue weighted by Crippen LogP contribution is -2.28. The van der Waals surface area contributed by atoms with Gasteiger partial charge in [0, 0.05) is 11.1 Å². The van der Waals surface area contributed by atoms with Crippen LogP contribution in [-0.4, -0.2) is 17.6 Å². The summed E-state index contributed by atoms with van der Waals surface area (Å²) >= 11 is 0. The topological polar surface area (TPSA) is 58.9 Å². The Morgan fingerprint density at radius 2 is 1.15 bits per heavy atom. The second-order valence-electron chi connectivity index (χ2n) is 5.55. The molecule has 0 bridgehead atoms. The Labute approximate surface area is 150 Å². The van der Waals surface area contributed by atoms with Crippen LogP contribution in [0, 0.1) is 5.82 Å². The summed E-state index contributed by atoms with van der Waals surface area (Å²) in [6.45, 7) is 0. The van der Waals surface area contributed by atoms with Crippen LogP contribution in [0.5, 0.6) is 0 Å². The molecule has 3 aromatic rings. The van der Waals surface area contributed by atoms with Crippen molar-refractivity contribution in [2.75, 3.05) is 0 Å². The molecular weight excluding hydrogens is 331 g/mol. The predicted octanol–water partition coefficient (Wildman–Crippen LogP) is 5.04. The van der Waals surface area contributed by atoms with Crippen LogP contribution in [0.25, 0.3) is 0 Å². The van der Waals surface area contributed by atoms with E-state index in [1.54, 1.807) is 60.7 Å². The standard InChI is InChI=1S/C21H15FN2O2/c22-17-11-13-18(14-12-17)23-24-19(20(25)15-7-3-1-4-8-15)21(26)16-9-5-2-6-10-16/h1-14,19H. The minimum absolute atomic E-state index is 0.359. The van der Waals surface area contributed by atoms with Gasteiger partial charge in [0.05, 0.1) is 5.69 Å². The van der Waals surface area contributed by atoms with Crippen LogP contribution >= 0.6 is 0 Å². The number of benzene rings is 3. The van der Waals surface area contributed by atoms with Gasteiger partial charge in [-0.2, -0.15) is 10.2 Å². The number of carbonyl (C=O) groups excluding carboxylic acids is 2. The van der Waals surface area contributed by atoms with Crippen molar-refractivity contribution < 1.29 is 14.0 Å². The average molecular weight is 346 g/mol. The molecule has 0 atom stereocenters. The van der Waals surface area contributed by atoms with Crippen LogP contribution in [-0.2, 0) is 0 Å². The number of rotatable bonds is 6. The zero-order valence-corrected chi connectivity index (χ0v) is 13.7. The van der Waals surface area contributed by atoms with Gasteiger partial charge in [-0.1, -0.05) is 60.7 Å². The van der Waals surface area contributed by atoms with Gasteiger partial charge in [-0.3, -0.25) is 9.59 Å². The molecule has 0 aliphatic heterocycles. The fraction of sp³-hybridized carbons (Fsp3) is 0.0476. The van der Waals surface area contributed by atoms with E-state index in [4.69, 9.17) is 0 Å². The van der Waals surface area contributed by atoms with Crippen molar-refractivity contribution in [3.8, 4) is 0 Å². The molecule has 0 fully saturated rings. The average Bonchev–Trinajstić information content (AvgIpc) is 2.70. The van der Waals surface area contributed by atoms with Crippen LogP contribution in [0.4, 0.5) is 10.1 Å².